The van der Waals surface area contributed by atoms with Crippen LogP contribution in [0.2, 0.25) is 10.0 Å². The number of thiocarbonyl (C=S) groups is 1. The van der Waals surface area contributed by atoms with Crippen molar-refractivity contribution in [1.82, 2.24) is 16.2 Å². The smallest absolute Gasteiger partial charge is 0.264 e. The van der Waals surface area contributed by atoms with Crippen LogP contribution in [0.1, 0.15) is 25.3 Å². The van der Waals surface area contributed by atoms with Gasteiger partial charge >= 0.3 is 0 Å². The van der Waals surface area contributed by atoms with E-state index < -0.39 is 17.7 Å². The van der Waals surface area contributed by atoms with Crippen LogP contribution in [0.15, 0.2) is 40.9 Å². The molecule has 3 amide bonds. The average molecular weight is 576 g/mol. The van der Waals surface area contributed by atoms with E-state index in [1.807, 2.05) is 19.1 Å². The van der Waals surface area contributed by atoms with Gasteiger partial charge in [0.1, 0.15) is 5.75 Å². The van der Waals surface area contributed by atoms with Crippen molar-refractivity contribution in [2.45, 2.75) is 26.2 Å². The van der Waals surface area contributed by atoms with Crippen LogP contribution in [0.5, 0.6) is 5.75 Å². The molecule has 0 saturated heterocycles. The van der Waals surface area contributed by atoms with Crippen molar-refractivity contribution < 1.29 is 19.1 Å². The lowest BCUT2D eigenvalue weighted by molar-refractivity contribution is -0.125. The summed E-state index contributed by atoms with van der Waals surface area (Å²) in [6, 6.07) is 10.2. The number of hydrogen-bond acceptors (Lipinski definition) is 5. The van der Waals surface area contributed by atoms with E-state index in [4.69, 9.17) is 40.2 Å². The normalized spacial score (nSPS) is 10.2. The Morgan fingerprint density at radius 3 is 2.39 bits per heavy atom. The van der Waals surface area contributed by atoms with Crippen molar-refractivity contribution in [3.05, 3.63) is 56.5 Å². The molecule has 0 saturated carbocycles. The molecule has 0 aromatic heterocycles. The Bertz CT molecular complexity index is 1050. The van der Waals surface area contributed by atoms with Gasteiger partial charge in [-0.3, -0.25) is 30.6 Å². The standard InChI is InChI=1S/C21H21BrCl2N4O4S/c1-2-12-3-6-17(14(22)9-12)32-11-20(31)26-21(33)28-27-19(30)8-7-18(29)25-16-5-4-13(23)10-15(16)24/h3-6,9-10H,2,7-8,11H2,1H3,(H,25,29)(H,27,30)(H2,26,28,31,33). The molecular weight excluding hydrogens is 555 g/mol. The van der Waals surface area contributed by atoms with Crippen LogP contribution in [0.25, 0.3) is 0 Å². The fraction of sp³-hybridized carbons (Fsp3) is 0.238. The summed E-state index contributed by atoms with van der Waals surface area (Å²) in [6.45, 7) is 1.77. The second-order valence-corrected chi connectivity index (χ2v) is 8.74. The summed E-state index contributed by atoms with van der Waals surface area (Å²) < 4.78 is 6.20. The van der Waals surface area contributed by atoms with Crippen LogP contribution in [0.3, 0.4) is 0 Å². The third-order valence-electron chi connectivity index (χ3n) is 4.12. The van der Waals surface area contributed by atoms with E-state index in [-0.39, 0.29) is 29.6 Å². The van der Waals surface area contributed by atoms with Crippen LogP contribution >= 0.6 is 51.3 Å². The highest BCUT2D eigenvalue weighted by Gasteiger charge is 2.11. The van der Waals surface area contributed by atoms with E-state index >= 15 is 0 Å². The summed E-state index contributed by atoms with van der Waals surface area (Å²) in [4.78, 5) is 35.9. The van der Waals surface area contributed by atoms with Gasteiger partial charge in [-0.25, -0.2) is 0 Å². The molecule has 0 aliphatic rings. The fourth-order valence-electron chi connectivity index (χ4n) is 2.44. The number of hydrogen-bond donors (Lipinski definition) is 4. The van der Waals surface area contributed by atoms with Gasteiger partial charge in [0.2, 0.25) is 11.8 Å². The topological polar surface area (TPSA) is 109 Å². The van der Waals surface area contributed by atoms with Crippen LogP contribution in [0.4, 0.5) is 5.69 Å². The molecule has 0 aliphatic carbocycles. The van der Waals surface area contributed by atoms with E-state index in [1.54, 1.807) is 18.2 Å². The molecule has 4 N–H and O–H groups in total. The molecule has 12 heteroatoms. The molecule has 2 aromatic rings. The Morgan fingerprint density at radius 2 is 1.73 bits per heavy atom. The Morgan fingerprint density at radius 1 is 1.00 bits per heavy atom. The highest BCUT2D eigenvalue weighted by atomic mass is 79.9. The summed E-state index contributed by atoms with van der Waals surface area (Å²) in [5.74, 6) is -0.888. The first-order valence-corrected chi connectivity index (χ1v) is 11.7. The Kier molecular flexibility index (Phi) is 10.9. The lowest BCUT2D eigenvalue weighted by Gasteiger charge is -2.12. The minimum absolute atomic E-state index is 0.0921. The number of nitrogens with one attached hydrogen (secondary N) is 4. The minimum Gasteiger partial charge on any atom is -0.483 e. The quantitative estimate of drug-likeness (QED) is 0.278. The third kappa shape index (κ3) is 9.55. The Labute approximate surface area is 214 Å². The number of ether oxygens (including phenoxy) is 1. The van der Waals surface area contributed by atoms with Crippen molar-refractivity contribution in [2.75, 3.05) is 11.9 Å². The van der Waals surface area contributed by atoms with Crippen molar-refractivity contribution >= 4 is 79.9 Å². The maximum Gasteiger partial charge on any atom is 0.264 e. The highest BCUT2D eigenvalue weighted by Crippen LogP contribution is 2.26. The third-order valence-corrected chi connectivity index (χ3v) is 5.49. The van der Waals surface area contributed by atoms with Crippen molar-refractivity contribution in [3.8, 4) is 5.75 Å². The molecule has 0 spiro atoms. The summed E-state index contributed by atoms with van der Waals surface area (Å²) in [6.07, 6.45) is 0.670. The van der Waals surface area contributed by atoms with Crippen LogP contribution < -0.4 is 26.2 Å². The molecule has 0 atom stereocenters. The number of carbonyl (C=O) groups excluding carboxylic acids is 3. The number of carbonyl (C=O) groups is 3. The molecule has 0 fully saturated rings. The molecule has 8 nitrogen and oxygen atoms in total. The second-order valence-electron chi connectivity index (χ2n) is 6.63. The molecule has 176 valence electrons. The zero-order valence-electron chi connectivity index (χ0n) is 17.5. The van der Waals surface area contributed by atoms with Gasteiger partial charge in [0.05, 0.1) is 15.2 Å². The number of hydrazine groups is 1. The van der Waals surface area contributed by atoms with Crippen molar-refractivity contribution in [3.63, 3.8) is 0 Å². The highest BCUT2D eigenvalue weighted by molar-refractivity contribution is 9.10. The van der Waals surface area contributed by atoms with Gasteiger partial charge in [-0.05, 0) is 70.5 Å². The molecule has 0 aliphatic heterocycles. The first-order chi connectivity index (χ1) is 15.7. The number of rotatable bonds is 8. The maximum atomic E-state index is 12.0. The largest absolute Gasteiger partial charge is 0.483 e. The molecule has 0 heterocycles. The first-order valence-electron chi connectivity index (χ1n) is 9.72. The molecular formula is C21H21BrCl2N4O4S. The SMILES string of the molecule is CCc1ccc(OCC(=O)NC(=S)NNC(=O)CCC(=O)Nc2ccc(Cl)cc2Cl)c(Br)c1. The van der Waals surface area contributed by atoms with Gasteiger partial charge in [0.15, 0.2) is 11.7 Å². The fourth-order valence-corrected chi connectivity index (χ4v) is 3.60. The van der Waals surface area contributed by atoms with Gasteiger partial charge in [-0.2, -0.15) is 0 Å². The van der Waals surface area contributed by atoms with Gasteiger partial charge in [-0.1, -0.05) is 36.2 Å². The van der Waals surface area contributed by atoms with Crippen LogP contribution in [-0.4, -0.2) is 29.4 Å². The molecule has 2 aromatic carbocycles. The summed E-state index contributed by atoms with van der Waals surface area (Å²) in [5, 5.41) is 5.58. The number of halogens is 3. The number of amides is 3. The number of aryl methyl sites for hydroxylation is 1. The molecule has 0 radical (unpaired) electrons. The van der Waals surface area contributed by atoms with Crippen LogP contribution in [0, 0.1) is 0 Å². The van der Waals surface area contributed by atoms with Crippen molar-refractivity contribution in [2.24, 2.45) is 0 Å². The number of benzene rings is 2. The Balaban J connectivity index is 1.66. The second kappa shape index (κ2) is 13.3. The van der Waals surface area contributed by atoms with E-state index in [9.17, 15) is 14.4 Å². The van der Waals surface area contributed by atoms with E-state index in [2.05, 4.69) is 37.4 Å². The van der Waals surface area contributed by atoms with Gasteiger partial charge in [0.25, 0.3) is 5.91 Å². The molecule has 0 unspecified atom stereocenters. The van der Waals surface area contributed by atoms with Crippen molar-refractivity contribution in [1.29, 1.82) is 0 Å². The summed E-state index contributed by atoms with van der Waals surface area (Å²) >= 11 is 20.2. The Hall–Kier alpha value is -2.40. The predicted octanol–water partition coefficient (Wildman–Crippen LogP) is 4.14. The van der Waals surface area contributed by atoms with Gasteiger partial charge < -0.3 is 10.1 Å². The minimum atomic E-state index is -0.507. The average Bonchev–Trinajstić information content (AvgIpc) is 2.77. The van der Waals surface area contributed by atoms with Crippen LogP contribution in [-0.2, 0) is 20.8 Å². The predicted molar refractivity (Wildman–Crippen MR) is 135 cm³/mol. The monoisotopic (exact) mass is 574 g/mol. The lowest BCUT2D eigenvalue weighted by atomic mass is 10.2. The lowest BCUT2D eigenvalue weighted by Crippen LogP contribution is -2.49. The summed E-state index contributed by atoms with van der Waals surface area (Å²) in [7, 11) is 0. The zero-order chi connectivity index (χ0) is 24.4. The van der Waals surface area contributed by atoms with E-state index in [0.29, 0.717) is 16.5 Å². The molecule has 0 bridgehead atoms. The summed E-state index contributed by atoms with van der Waals surface area (Å²) in [5.41, 5.74) is 6.22. The molecule has 33 heavy (non-hydrogen) atoms. The number of anilines is 1. The zero-order valence-corrected chi connectivity index (χ0v) is 21.4. The van der Waals surface area contributed by atoms with Gasteiger partial charge in [-0.15, -0.1) is 0 Å². The molecule has 2 rings (SSSR count). The first kappa shape index (κ1) is 26.8. The van der Waals surface area contributed by atoms with E-state index in [0.717, 1.165) is 16.5 Å². The van der Waals surface area contributed by atoms with Gasteiger partial charge in [0, 0.05) is 17.9 Å². The van der Waals surface area contributed by atoms with E-state index in [1.165, 1.54) is 6.07 Å². The maximum absolute atomic E-state index is 12.0.